The molecule has 0 radical (unpaired) electrons. The van der Waals surface area contributed by atoms with Crippen LogP contribution in [0.15, 0.2) is 24.3 Å². The standard InChI is InChI=1S/C13H20O3/c1-2-3-4-10-15-12-5-7-13(8-6-12)16-11-9-14/h5-8,14H,2-4,9-11H2,1H3. The summed E-state index contributed by atoms with van der Waals surface area (Å²) in [6.45, 7) is 3.31. The summed E-state index contributed by atoms with van der Waals surface area (Å²) in [6, 6.07) is 7.48. The molecule has 0 aromatic heterocycles. The molecule has 0 fully saturated rings. The minimum absolute atomic E-state index is 0.0370. The molecule has 0 aliphatic carbocycles. The van der Waals surface area contributed by atoms with Crippen molar-refractivity contribution in [2.24, 2.45) is 0 Å². The van der Waals surface area contributed by atoms with Crippen molar-refractivity contribution in [3.05, 3.63) is 24.3 Å². The summed E-state index contributed by atoms with van der Waals surface area (Å²) in [6.07, 6.45) is 3.51. The number of ether oxygens (including phenoxy) is 2. The van der Waals surface area contributed by atoms with Gasteiger partial charge >= 0.3 is 0 Å². The maximum absolute atomic E-state index is 8.60. The summed E-state index contributed by atoms with van der Waals surface area (Å²) in [5, 5.41) is 8.60. The van der Waals surface area contributed by atoms with Gasteiger partial charge in [0.1, 0.15) is 18.1 Å². The molecule has 1 rings (SSSR count). The Morgan fingerprint density at radius 2 is 1.50 bits per heavy atom. The van der Waals surface area contributed by atoms with E-state index in [1.165, 1.54) is 12.8 Å². The summed E-state index contributed by atoms with van der Waals surface area (Å²) in [7, 11) is 0. The molecule has 0 unspecified atom stereocenters. The van der Waals surface area contributed by atoms with E-state index in [0.29, 0.717) is 6.61 Å². The lowest BCUT2D eigenvalue weighted by Crippen LogP contribution is -2.01. The number of aliphatic hydroxyl groups is 1. The van der Waals surface area contributed by atoms with Crippen molar-refractivity contribution >= 4 is 0 Å². The monoisotopic (exact) mass is 224 g/mol. The Morgan fingerprint density at radius 1 is 0.938 bits per heavy atom. The zero-order chi connectivity index (χ0) is 11.6. The summed E-state index contributed by atoms with van der Waals surface area (Å²) < 4.78 is 10.8. The Morgan fingerprint density at radius 3 is 2.00 bits per heavy atom. The van der Waals surface area contributed by atoms with Crippen LogP contribution in [-0.4, -0.2) is 24.9 Å². The Labute approximate surface area is 97.0 Å². The van der Waals surface area contributed by atoms with E-state index < -0.39 is 0 Å². The topological polar surface area (TPSA) is 38.7 Å². The molecular formula is C13H20O3. The van der Waals surface area contributed by atoms with E-state index in [-0.39, 0.29) is 6.61 Å². The Kier molecular flexibility index (Phi) is 6.42. The Balaban J connectivity index is 2.27. The molecule has 1 aromatic carbocycles. The van der Waals surface area contributed by atoms with Crippen molar-refractivity contribution in [1.82, 2.24) is 0 Å². The van der Waals surface area contributed by atoms with Crippen LogP contribution in [0.2, 0.25) is 0 Å². The van der Waals surface area contributed by atoms with E-state index in [2.05, 4.69) is 6.92 Å². The second-order valence-corrected chi connectivity index (χ2v) is 3.60. The van der Waals surface area contributed by atoms with Crippen LogP contribution in [0.25, 0.3) is 0 Å². The van der Waals surface area contributed by atoms with Gasteiger partial charge in [-0.3, -0.25) is 0 Å². The molecule has 0 heterocycles. The first-order valence-electron chi connectivity index (χ1n) is 5.83. The van der Waals surface area contributed by atoms with Gasteiger partial charge in [-0.2, -0.15) is 0 Å². The summed E-state index contributed by atoms with van der Waals surface area (Å²) >= 11 is 0. The van der Waals surface area contributed by atoms with E-state index in [1.54, 1.807) is 0 Å². The van der Waals surface area contributed by atoms with Crippen LogP contribution in [0.4, 0.5) is 0 Å². The first kappa shape index (κ1) is 12.8. The molecule has 90 valence electrons. The van der Waals surface area contributed by atoms with Crippen LogP contribution >= 0.6 is 0 Å². The third kappa shape index (κ3) is 5.03. The number of unbranched alkanes of at least 4 members (excludes halogenated alkanes) is 2. The van der Waals surface area contributed by atoms with Gasteiger partial charge in [-0.25, -0.2) is 0 Å². The largest absolute Gasteiger partial charge is 0.494 e. The average molecular weight is 224 g/mol. The van der Waals surface area contributed by atoms with E-state index in [0.717, 1.165) is 24.5 Å². The average Bonchev–Trinajstić information content (AvgIpc) is 2.33. The highest BCUT2D eigenvalue weighted by molar-refractivity contribution is 5.31. The quantitative estimate of drug-likeness (QED) is 0.690. The molecule has 0 spiro atoms. The number of rotatable bonds is 8. The van der Waals surface area contributed by atoms with Crippen molar-refractivity contribution in [3.63, 3.8) is 0 Å². The van der Waals surface area contributed by atoms with Crippen LogP contribution in [0.3, 0.4) is 0 Å². The highest BCUT2D eigenvalue weighted by atomic mass is 16.5. The minimum Gasteiger partial charge on any atom is -0.494 e. The predicted molar refractivity (Wildman–Crippen MR) is 64.0 cm³/mol. The maximum Gasteiger partial charge on any atom is 0.119 e. The second-order valence-electron chi connectivity index (χ2n) is 3.60. The molecule has 0 saturated heterocycles. The lowest BCUT2D eigenvalue weighted by Gasteiger charge is -2.07. The fraction of sp³-hybridized carbons (Fsp3) is 0.538. The fourth-order valence-corrected chi connectivity index (χ4v) is 1.34. The molecule has 0 atom stereocenters. The van der Waals surface area contributed by atoms with Gasteiger partial charge in [-0.05, 0) is 30.7 Å². The Hall–Kier alpha value is -1.22. The van der Waals surface area contributed by atoms with Gasteiger partial charge in [0.25, 0.3) is 0 Å². The normalized spacial score (nSPS) is 10.1. The molecule has 0 saturated carbocycles. The first-order chi connectivity index (χ1) is 7.86. The van der Waals surface area contributed by atoms with Crippen LogP contribution in [0.5, 0.6) is 11.5 Å². The molecule has 1 aromatic rings. The number of benzene rings is 1. The summed E-state index contributed by atoms with van der Waals surface area (Å²) in [5.41, 5.74) is 0. The van der Waals surface area contributed by atoms with E-state index >= 15 is 0 Å². The zero-order valence-corrected chi connectivity index (χ0v) is 9.82. The predicted octanol–water partition coefficient (Wildman–Crippen LogP) is 2.63. The first-order valence-corrected chi connectivity index (χ1v) is 5.83. The second kappa shape index (κ2) is 7.99. The van der Waals surface area contributed by atoms with Crippen LogP contribution in [0, 0.1) is 0 Å². The van der Waals surface area contributed by atoms with Gasteiger partial charge in [-0.15, -0.1) is 0 Å². The van der Waals surface area contributed by atoms with Gasteiger partial charge < -0.3 is 14.6 Å². The highest BCUT2D eigenvalue weighted by Gasteiger charge is 1.96. The number of hydrogen-bond acceptors (Lipinski definition) is 3. The van der Waals surface area contributed by atoms with Gasteiger partial charge in [0, 0.05) is 0 Å². The van der Waals surface area contributed by atoms with Gasteiger partial charge in [-0.1, -0.05) is 19.8 Å². The molecule has 3 nitrogen and oxygen atoms in total. The molecule has 3 heteroatoms. The van der Waals surface area contributed by atoms with E-state index in [4.69, 9.17) is 14.6 Å². The third-order valence-electron chi connectivity index (χ3n) is 2.20. The molecule has 16 heavy (non-hydrogen) atoms. The molecular weight excluding hydrogens is 204 g/mol. The number of aliphatic hydroxyl groups excluding tert-OH is 1. The van der Waals surface area contributed by atoms with Gasteiger partial charge in [0.2, 0.25) is 0 Å². The van der Waals surface area contributed by atoms with Gasteiger partial charge in [0.15, 0.2) is 0 Å². The lowest BCUT2D eigenvalue weighted by molar-refractivity contribution is 0.201. The zero-order valence-electron chi connectivity index (χ0n) is 9.82. The molecule has 0 amide bonds. The van der Waals surface area contributed by atoms with Crippen molar-refractivity contribution in [3.8, 4) is 11.5 Å². The summed E-state index contributed by atoms with van der Waals surface area (Å²) in [5.74, 6) is 1.63. The van der Waals surface area contributed by atoms with Crippen LogP contribution in [-0.2, 0) is 0 Å². The van der Waals surface area contributed by atoms with Crippen molar-refractivity contribution in [2.75, 3.05) is 19.8 Å². The van der Waals surface area contributed by atoms with E-state index in [1.807, 2.05) is 24.3 Å². The summed E-state index contributed by atoms with van der Waals surface area (Å²) in [4.78, 5) is 0. The number of hydrogen-bond donors (Lipinski definition) is 1. The van der Waals surface area contributed by atoms with Gasteiger partial charge in [0.05, 0.1) is 13.2 Å². The molecule has 0 bridgehead atoms. The van der Waals surface area contributed by atoms with Crippen molar-refractivity contribution in [1.29, 1.82) is 0 Å². The minimum atomic E-state index is 0.0370. The Bertz CT molecular complexity index is 269. The molecule has 1 N–H and O–H groups in total. The smallest absolute Gasteiger partial charge is 0.119 e. The van der Waals surface area contributed by atoms with E-state index in [9.17, 15) is 0 Å². The highest BCUT2D eigenvalue weighted by Crippen LogP contribution is 2.17. The maximum atomic E-state index is 8.60. The van der Waals surface area contributed by atoms with Crippen molar-refractivity contribution < 1.29 is 14.6 Å². The van der Waals surface area contributed by atoms with Crippen LogP contribution in [0.1, 0.15) is 26.2 Å². The SMILES string of the molecule is CCCCCOc1ccc(OCCO)cc1. The van der Waals surface area contributed by atoms with Crippen LogP contribution < -0.4 is 9.47 Å². The fourth-order valence-electron chi connectivity index (χ4n) is 1.34. The molecule has 0 aliphatic rings. The van der Waals surface area contributed by atoms with Crippen molar-refractivity contribution in [2.45, 2.75) is 26.2 Å². The molecule has 0 aliphatic heterocycles. The third-order valence-corrected chi connectivity index (χ3v) is 2.20. The lowest BCUT2D eigenvalue weighted by atomic mass is 10.3.